The van der Waals surface area contributed by atoms with Crippen molar-refractivity contribution < 1.29 is 54.0 Å². The second-order valence-electron chi connectivity index (χ2n) is 10.7. The van der Waals surface area contributed by atoms with Gasteiger partial charge in [-0.1, -0.05) is 0 Å². The van der Waals surface area contributed by atoms with Gasteiger partial charge in [0.25, 0.3) is 0 Å². The Bertz CT molecular complexity index is 860. The molecule has 17 N–H and O–H groups in total. The molecule has 2 saturated heterocycles. The summed E-state index contributed by atoms with van der Waals surface area (Å²) in [5.74, 6) is 0.490. The molecule has 1 aliphatic carbocycles. The molecule has 3 fully saturated rings. The van der Waals surface area contributed by atoms with E-state index in [0.717, 1.165) is 0 Å². The predicted octanol–water partition coefficient (Wildman–Crippen LogP) is -6.71. The van der Waals surface area contributed by atoms with Crippen LogP contribution in [0.1, 0.15) is 12.8 Å². The molecule has 16 unspecified atom stereocenters. The van der Waals surface area contributed by atoms with Crippen molar-refractivity contribution in [3.8, 4) is 0 Å². The van der Waals surface area contributed by atoms with E-state index in [1.807, 2.05) is 0 Å². The van der Waals surface area contributed by atoms with Crippen molar-refractivity contribution in [2.75, 3.05) is 19.7 Å². The number of rotatable bonds is 9. The maximum atomic E-state index is 11.1. The third-order valence-electron chi connectivity index (χ3n) is 7.83. The molecule has 1 saturated carbocycles. The van der Waals surface area contributed by atoms with Gasteiger partial charge in [-0.15, -0.1) is 0 Å². The van der Waals surface area contributed by atoms with Gasteiger partial charge < -0.3 is 88.4 Å². The van der Waals surface area contributed by atoms with Crippen LogP contribution in [0, 0.1) is 0 Å². The van der Waals surface area contributed by atoms with Gasteiger partial charge in [-0.05, 0) is 18.9 Å². The third-order valence-corrected chi connectivity index (χ3v) is 7.83. The highest BCUT2D eigenvalue weighted by molar-refractivity contribution is 5.04. The summed E-state index contributed by atoms with van der Waals surface area (Å²) in [5, 5.41) is 52.4. The van der Waals surface area contributed by atoms with Crippen LogP contribution in [-0.4, -0.2) is 143 Å². The second-order valence-corrected chi connectivity index (χ2v) is 10.7. The van der Waals surface area contributed by atoms with Gasteiger partial charge in [0.15, 0.2) is 12.6 Å². The molecule has 17 nitrogen and oxygen atoms in total. The van der Waals surface area contributed by atoms with Crippen LogP contribution in [0.25, 0.3) is 0 Å². The van der Waals surface area contributed by atoms with Gasteiger partial charge in [0.1, 0.15) is 54.6 Å². The lowest BCUT2D eigenvalue weighted by atomic mass is 9.84. The minimum Gasteiger partial charge on any atom is -0.467 e. The standard InChI is InChI=1S/C23H44N6O11/c24-4-7-1-2-8(26)21(35-7)38-18-10(28)3-9(27)14(31)20(18)40-23-17(34)19(12(6-30)37-23)39-22-13(29)16(33)15(32)11(5-25)36-22/h1,8-23,30-34H,2-6,24-29H2. The monoisotopic (exact) mass is 580 g/mol. The Labute approximate surface area is 231 Å². The van der Waals surface area contributed by atoms with Gasteiger partial charge in [-0.25, -0.2) is 0 Å². The quantitative estimate of drug-likeness (QED) is 0.121. The van der Waals surface area contributed by atoms with E-state index in [2.05, 4.69) is 0 Å². The van der Waals surface area contributed by atoms with E-state index in [0.29, 0.717) is 12.2 Å². The molecule has 4 rings (SSSR count). The molecule has 232 valence electrons. The first-order chi connectivity index (χ1) is 19.0. The molecule has 3 heterocycles. The SMILES string of the molecule is NCC1=CCC(N)C(OC2C(N)CC(N)C(O)C2OC2OC(CO)C(OC3OC(CN)C(O)C(O)C3N)C2O)O1. The van der Waals surface area contributed by atoms with Crippen molar-refractivity contribution in [2.24, 2.45) is 34.4 Å². The largest absolute Gasteiger partial charge is 0.467 e. The van der Waals surface area contributed by atoms with Crippen LogP contribution in [0.15, 0.2) is 11.8 Å². The average molecular weight is 581 g/mol. The van der Waals surface area contributed by atoms with E-state index >= 15 is 0 Å². The fourth-order valence-corrected chi connectivity index (χ4v) is 5.40. The number of aliphatic hydroxyl groups excluding tert-OH is 5. The van der Waals surface area contributed by atoms with Gasteiger partial charge in [0.05, 0.1) is 31.3 Å². The fraction of sp³-hybridized carbons (Fsp3) is 0.913. The minimum absolute atomic E-state index is 0.137. The van der Waals surface area contributed by atoms with Crippen molar-refractivity contribution in [1.29, 1.82) is 0 Å². The van der Waals surface area contributed by atoms with Crippen molar-refractivity contribution in [1.82, 2.24) is 0 Å². The van der Waals surface area contributed by atoms with E-state index in [1.54, 1.807) is 6.08 Å². The Morgan fingerprint density at radius 2 is 1.38 bits per heavy atom. The highest BCUT2D eigenvalue weighted by Crippen LogP contribution is 2.34. The zero-order chi connectivity index (χ0) is 29.3. The van der Waals surface area contributed by atoms with Crippen LogP contribution in [-0.2, 0) is 28.4 Å². The van der Waals surface area contributed by atoms with Crippen LogP contribution in [0.4, 0.5) is 0 Å². The summed E-state index contributed by atoms with van der Waals surface area (Å²) < 4.78 is 35.0. The number of ether oxygens (including phenoxy) is 6. The molecular formula is C23H44N6O11. The van der Waals surface area contributed by atoms with Crippen LogP contribution in [0.2, 0.25) is 0 Å². The lowest BCUT2D eigenvalue weighted by molar-refractivity contribution is -0.282. The summed E-state index contributed by atoms with van der Waals surface area (Å²) >= 11 is 0. The van der Waals surface area contributed by atoms with Crippen LogP contribution >= 0.6 is 0 Å². The van der Waals surface area contributed by atoms with Crippen molar-refractivity contribution in [3.05, 3.63) is 11.8 Å². The second kappa shape index (κ2) is 13.5. The van der Waals surface area contributed by atoms with Crippen molar-refractivity contribution >= 4 is 0 Å². The number of nitrogens with two attached hydrogens (primary N) is 6. The molecular weight excluding hydrogens is 536 g/mol. The van der Waals surface area contributed by atoms with Crippen LogP contribution < -0.4 is 34.4 Å². The first kappa shape index (κ1) is 31.8. The summed E-state index contributed by atoms with van der Waals surface area (Å²) in [7, 11) is 0. The van der Waals surface area contributed by atoms with E-state index in [-0.39, 0.29) is 19.5 Å². The Hall–Kier alpha value is -1.10. The maximum Gasteiger partial charge on any atom is 0.215 e. The summed E-state index contributed by atoms with van der Waals surface area (Å²) in [6, 6.07) is -3.24. The molecule has 17 heteroatoms. The van der Waals surface area contributed by atoms with Crippen molar-refractivity contribution in [2.45, 2.75) is 111 Å². The summed E-state index contributed by atoms with van der Waals surface area (Å²) in [6.07, 6.45) is -12.4. The maximum absolute atomic E-state index is 11.1. The lowest BCUT2D eigenvalue weighted by Crippen LogP contribution is -2.65. The number of hydrogen-bond acceptors (Lipinski definition) is 17. The highest BCUT2D eigenvalue weighted by atomic mass is 16.8. The highest BCUT2D eigenvalue weighted by Gasteiger charge is 2.53. The Morgan fingerprint density at radius 1 is 0.725 bits per heavy atom. The molecule has 16 atom stereocenters. The molecule has 0 aromatic heterocycles. The Kier molecular flexibility index (Phi) is 10.7. The number of aliphatic hydroxyl groups is 5. The predicted molar refractivity (Wildman–Crippen MR) is 135 cm³/mol. The fourth-order valence-electron chi connectivity index (χ4n) is 5.40. The van der Waals surface area contributed by atoms with E-state index in [1.165, 1.54) is 0 Å². The normalized spacial score (nSPS) is 49.9. The summed E-state index contributed by atoms with van der Waals surface area (Å²) in [4.78, 5) is 0. The van der Waals surface area contributed by atoms with E-state index < -0.39 is 105 Å². The summed E-state index contributed by atoms with van der Waals surface area (Å²) in [6.45, 7) is -0.596. The lowest BCUT2D eigenvalue weighted by Gasteiger charge is -2.45. The molecule has 0 bridgehead atoms. The molecule has 0 radical (unpaired) electrons. The van der Waals surface area contributed by atoms with Gasteiger partial charge >= 0.3 is 0 Å². The smallest absolute Gasteiger partial charge is 0.215 e. The molecule has 3 aliphatic heterocycles. The van der Waals surface area contributed by atoms with Gasteiger partial charge in [-0.3, -0.25) is 0 Å². The minimum atomic E-state index is -1.53. The number of hydrogen-bond donors (Lipinski definition) is 11. The van der Waals surface area contributed by atoms with Gasteiger partial charge in [0.2, 0.25) is 6.29 Å². The molecule has 0 aromatic rings. The summed E-state index contributed by atoms with van der Waals surface area (Å²) in [5.41, 5.74) is 35.9. The zero-order valence-electron chi connectivity index (χ0n) is 22.0. The van der Waals surface area contributed by atoms with E-state index in [4.69, 9.17) is 62.8 Å². The first-order valence-corrected chi connectivity index (χ1v) is 13.4. The molecule has 4 aliphatic rings. The van der Waals surface area contributed by atoms with Crippen molar-refractivity contribution in [3.63, 3.8) is 0 Å². The van der Waals surface area contributed by atoms with Crippen LogP contribution in [0.3, 0.4) is 0 Å². The van der Waals surface area contributed by atoms with Gasteiger partial charge in [0, 0.05) is 18.6 Å². The van der Waals surface area contributed by atoms with Crippen LogP contribution in [0.5, 0.6) is 0 Å². The molecule has 0 amide bonds. The average Bonchev–Trinajstić information content (AvgIpc) is 3.23. The first-order valence-electron chi connectivity index (χ1n) is 13.4. The topological polar surface area (TPSA) is 313 Å². The molecule has 0 aromatic carbocycles. The molecule has 0 spiro atoms. The molecule has 40 heavy (non-hydrogen) atoms. The van der Waals surface area contributed by atoms with Gasteiger partial charge in [-0.2, -0.15) is 0 Å². The third kappa shape index (κ3) is 6.45. The Balaban J connectivity index is 1.48. The Morgan fingerprint density at radius 3 is 2.02 bits per heavy atom. The zero-order valence-corrected chi connectivity index (χ0v) is 22.0. The van der Waals surface area contributed by atoms with E-state index in [9.17, 15) is 25.5 Å².